The number of nitrogens with two attached hydrogens (primary N) is 1. The molecule has 1 atom stereocenters. The van der Waals surface area contributed by atoms with Crippen molar-refractivity contribution in [3.63, 3.8) is 0 Å². The van der Waals surface area contributed by atoms with Crippen LogP contribution in [0.5, 0.6) is 0 Å². The Labute approximate surface area is 128 Å². The quantitative estimate of drug-likeness (QED) is 0.862. The molecule has 1 heterocycles. The van der Waals surface area contributed by atoms with Crippen molar-refractivity contribution in [3.05, 3.63) is 46.7 Å². The minimum absolute atomic E-state index is 0.0840. The van der Waals surface area contributed by atoms with Crippen molar-refractivity contribution in [1.82, 2.24) is 9.78 Å². The van der Waals surface area contributed by atoms with Gasteiger partial charge in [0.1, 0.15) is 5.15 Å². The Hall–Kier alpha value is -1.85. The van der Waals surface area contributed by atoms with Gasteiger partial charge in [0.15, 0.2) is 5.69 Å². The number of ether oxygens (including phenoxy) is 1. The van der Waals surface area contributed by atoms with Crippen molar-refractivity contribution in [2.24, 2.45) is 5.73 Å². The van der Waals surface area contributed by atoms with Crippen LogP contribution in [0, 0.1) is 0 Å². The minimum atomic E-state index is -0.509. The van der Waals surface area contributed by atoms with Gasteiger partial charge in [0.05, 0.1) is 12.8 Å². The number of carbonyl (C=O) groups is 1. The zero-order valence-corrected chi connectivity index (χ0v) is 12.8. The van der Waals surface area contributed by atoms with E-state index >= 15 is 0 Å². The first-order chi connectivity index (χ1) is 10.1. The van der Waals surface area contributed by atoms with Gasteiger partial charge < -0.3 is 10.5 Å². The van der Waals surface area contributed by atoms with Gasteiger partial charge in [-0.25, -0.2) is 9.48 Å². The van der Waals surface area contributed by atoms with E-state index in [1.54, 1.807) is 0 Å². The molecule has 1 unspecified atom stereocenters. The van der Waals surface area contributed by atoms with Gasteiger partial charge in [0.2, 0.25) is 0 Å². The predicted molar refractivity (Wildman–Crippen MR) is 81.9 cm³/mol. The number of carbonyl (C=O) groups excluding carboxylic acids is 1. The topological polar surface area (TPSA) is 70.1 Å². The molecule has 0 saturated heterocycles. The molecule has 112 valence electrons. The highest BCUT2D eigenvalue weighted by Gasteiger charge is 2.24. The van der Waals surface area contributed by atoms with Gasteiger partial charge in [-0.3, -0.25) is 0 Å². The Morgan fingerprint density at radius 1 is 1.43 bits per heavy atom. The molecule has 0 radical (unpaired) electrons. The molecule has 0 saturated carbocycles. The summed E-state index contributed by atoms with van der Waals surface area (Å²) in [5, 5.41) is 4.69. The SMILES string of the molecule is CCC(N)Cc1c(C(=O)OC)nn(-c2ccccc2)c1Cl. The number of benzene rings is 1. The third-order valence-electron chi connectivity index (χ3n) is 3.29. The predicted octanol–water partition coefficient (Wildman–Crippen LogP) is 2.59. The molecule has 1 aromatic carbocycles. The number of nitrogens with zero attached hydrogens (tertiary/aromatic N) is 2. The Morgan fingerprint density at radius 3 is 2.67 bits per heavy atom. The van der Waals surface area contributed by atoms with Crippen LogP contribution in [0.2, 0.25) is 5.15 Å². The maximum absolute atomic E-state index is 11.9. The van der Waals surface area contributed by atoms with Crippen LogP contribution in [0.1, 0.15) is 29.4 Å². The normalized spacial score (nSPS) is 12.2. The van der Waals surface area contributed by atoms with Gasteiger partial charge in [0.25, 0.3) is 0 Å². The van der Waals surface area contributed by atoms with Crippen LogP contribution in [0.25, 0.3) is 5.69 Å². The number of hydrogen-bond donors (Lipinski definition) is 1. The Balaban J connectivity index is 2.52. The molecule has 2 aromatic rings. The number of esters is 1. The fourth-order valence-corrected chi connectivity index (χ4v) is 2.32. The lowest BCUT2D eigenvalue weighted by atomic mass is 10.1. The summed E-state index contributed by atoms with van der Waals surface area (Å²) in [5.74, 6) is -0.509. The van der Waals surface area contributed by atoms with Crippen LogP contribution in [-0.4, -0.2) is 28.9 Å². The maximum atomic E-state index is 11.9. The molecule has 0 aliphatic heterocycles. The van der Waals surface area contributed by atoms with Crippen molar-refractivity contribution in [3.8, 4) is 5.69 Å². The number of hydrogen-bond acceptors (Lipinski definition) is 4. The molecule has 5 nitrogen and oxygen atoms in total. The first-order valence-corrected chi connectivity index (χ1v) is 7.13. The van der Waals surface area contributed by atoms with Gasteiger partial charge in [-0.2, -0.15) is 5.10 Å². The summed E-state index contributed by atoms with van der Waals surface area (Å²) in [6.07, 6.45) is 1.26. The second-order valence-electron chi connectivity index (χ2n) is 4.73. The van der Waals surface area contributed by atoms with E-state index in [0.29, 0.717) is 17.1 Å². The second kappa shape index (κ2) is 6.74. The van der Waals surface area contributed by atoms with Gasteiger partial charge >= 0.3 is 5.97 Å². The Bertz CT molecular complexity index is 625. The van der Waals surface area contributed by atoms with E-state index in [4.69, 9.17) is 22.1 Å². The number of halogens is 1. The number of aromatic nitrogens is 2. The highest BCUT2D eigenvalue weighted by molar-refractivity contribution is 6.31. The van der Waals surface area contributed by atoms with Gasteiger partial charge in [0, 0.05) is 11.6 Å². The summed E-state index contributed by atoms with van der Waals surface area (Å²) in [6.45, 7) is 1.98. The smallest absolute Gasteiger partial charge is 0.358 e. The molecule has 1 aromatic heterocycles. The van der Waals surface area contributed by atoms with Crippen molar-refractivity contribution in [2.45, 2.75) is 25.8 Å². The summed E-state index contributed by atoms with van der Waals surface area (Å²) in [6, 6.07) is 9.30. The van der Waals surface area contributed by atoms with Crippen LogP contribution in [0.4, 0.5) is 0 Å². The summed E-state index contributed by atoms with van der Waals surface area (Å²) >= 11 is 6.40. The van der Waals surface area contributed by atoms with Gasteiger partial charge in [-0.1, -0.05) is 36.7 Å². The molecule has 2 N–H and O–H groups in total. The van der Waals surface area contributed by atoms with E-state index in [0.717, 1.165) is 12.1 Å². The minimum Gasteiger partial charge on any atom is -0.464 e. The largest absolute Gasteiger partial charge is 0.464 e. The van der Waals surface area contributed by atoms with Crippen LogP contribution in [0.3, 0.4) is 0 Å². The van der Waals surface area contributed by atoms with E-state index in [1.165, 1.54) is 11.8 Å². The molecule has 2 rings (SSSR count). The zero-order valence-electron chi connectivity index (χ0n) is 12.0. The number of para-hydroxylation sites is 1. The highest BCUT2D eigenvalue weighted by Crippen LogP contribution is 2.25. The van der Waals surface area contributed by atoms with Gasteiger partial charge in [-0.15, -0.1) is 0 Å². The molecular formula is C15H18ClN3O2. The third-order valence-corrected chi connectivity index (χ3v) is 3.68. The second-order valence-corrected chi connectivity index (χ2v) is 5.09. The van der Waals surface area contributed by atoms with Crippen molar-refractivity contribution in [1.29, 1.82) is 0 Å². The van der Waals surface area contributed by atoms with E-state index in [-0.39, 0.29) is 11.7 Å². The average Bonchev–Trinajstić information content (AvgIpc) is 2.84. The molecule has 0 aliphatic rings. The fraction of sp³-hybridized carbons (Fsp3) is 0.333. The maximum Gasteiger partial charge on any atom is 0.358 e. The van der Waals surface area contributed by atoms with Crippen LogP contribution >= 0.6 is 11.6 Å². The first kappa shape index (κ1) is 15.5. The van der Waals surface area contributed by atoms with E-state index < -0.39 is 5.97 Å². The average molecular weight is 308 g/mol. The van der Waals surface area contributed by atoms with E-state index in [9.17, 15) is 4.79 Å². The van der Waals surface area contributed by atoms with Crippen molar-refractivity contribution in [2.75, 3.05) is 7.11 Å². The first-order valence-electron chi connectivity index (χ1n) is 6.75. The number of methoxy groups -OCH3 is 1. The summed E-state index contributed by atoms with van der Waals surface area (Å²) in [7, 11) is 1.32. The highest BCUT2D eigenvalue weighted by atomic mass is 35.5. The molecule has 0 spiro atoms. The summed E-state index contributed by atoms with van der Waals surface area (Å²) in [4.78, 5) is 11.9. The molecule has 6 heteroatoms. The molecule has 0 fully saturated rings. The van der Waals surface area contributed by atoms with Crippen molar-refractivity contribution < 1.29 is 9.53 Å². The zero-order chi connectivity index (χ0) is 15.4. The Morgan fingerprint density at radius 2 is 2.10 bits per heavy atom. The molecule has 0 aliphatic carbocycles. The van der Waals surface area contributed by atoms with E-state index in [1.807, 2.05) is 37.3 Å². The van der Waals surface area contributed by atoms with Gasteiger partial charge in [-0.05, 0) is 25.0 Å². The summed E-state index contributed by atoms with van der Waals surface area (Å²) in [5.41, 5.74) is 7.61. The molecule has 0 amide bonds. The molecular weight excluding hydrogens is 290 g/mol. The van der Waals surface area contributed by atoms with Crippen LogP contribution in [-0.2, 0) is 11.2 Å². The Kier molecular flexibility index (Phi) is 4.98. The standard InChI is InChI=1S/C15H18ClN3O2/c1-3-10(17)9-12-13(15(20)21-2)18-19(14(12)16)11-7-5-4-6-8-11/h4-8,10H,3,9,17H2,1-2H3. The fourth-order valence-electron chi connectivity index (χ4n) is 2.02. The lowest BCUT2D eigenvalue weighted by Crippen LogP contribution is -2.22. The molecule has 0 bridgehead atoms. The monoisotopic (exact) mass is 307 g/mol. The van der Waals surface area contributed by atoms with Crippen LogP contribution in [0.15, 0.2) is 30.3 Å². The van der Waals surface area contributed by atoms with Crippen LogP contribution < -0.4 is 5.73 Å². The molecule has 21 heavy (non-hydrogen) atoms. The van der Waals surface area contributed by atoms with E-state index in [2.05, 4.69) is 5.10 Å². The lowest BCUT2D eigenvalue weighted by Gasteiger charge is -2.08. The summed E-state index contributed by atoms with van der Waals surface area (Å²) < 4.78 is 6.32. The number of rotatable bonds is 5. The lowest BCUT2D eigenvalue weighted by molar-refractivity contribution is 0.0592. The van der Waals surface area contributed by atoms with Crippen molar-refractivity contribution >= 4 is 17.6 Å². The third kappa shape index (κ3) is 3.25.